The molecule has 4 heteroatoms. The van der Waals surface area contributed by atoms with E-state index >= 15 is 0 Å². The van der Waals surface area contributed by atoms with Crippen LogP contribution in [0.4, 0.5) is 4.39 Å². The topological polar surface area (TPSA) is 49.7 Å². The number of halogens is 1. The SMILES string of the molecule is CC(O)COc1ccc(F)cc1C(C)O. The number of benzene rings is 1. The highest BCUT2D eigenvalue weighted by atomic mass is 19.1. The fourth-order valence-electron chi connectivity index (χ4n) is 1.19. The molecular weight excluding hydrogens is 199 g/mol. The van der Waals surface area contributed by atoms with Crippen molar-refractivity contribution in [2.75, 3.05) is 6.61 Å². The molecule has 0 aliphatic rings. The first-order valence-corrected chi connectivity index (χ1v) is 4.79. The molecule has 2 unspecified atom stereocenters. The number of hydrogen-bond acceptors (Lipinski definition) is 3. The highest BCUT2D eigenvalue weighted by Gasteiger charge is 2.11. The van der Waals surface area contributed by atoms with Gasteiger partial charge in [0.1, 0.15) is 18.2 Å². The summed E-state index contributed by atoms with van der Waals surface area (Å²) in [4.78, 5) is 0. The van der Waals surface area contributed by atoms with Crippen LogP contribution in [0.1, 0.15) is 25.5 Å². The summed E-state index contributed by atoms with van der Waals surface area (Å²) in [6.45, 7) is 3.24. The van der Waals surface area contributed by atoms with E-state index in [1.54, 1.807) is 6.92 Å². The third-order valence-electron chi connectivity index (χ3n) is 1.90. The van der Waals surface area contributed by atoms with Gasteiger partial charge in [-0.3, -0.25) is 0 Å². The van der Waals surface area contributed by atoms with Crippen molar-refractivity contribution in [2.24, 2.45) is 0 Å². The van der Waals surface area contributed by atoms with Crippen molar-refractivity contribution in [1.82, 2.24) is 0 Å². The molecule has 15 heavy (non-hydrogen) atoms. The lowest BCUT2D eigenvalue weighted by Gasteiger charge is -2.14. The van der Waals surface area contributed by atoms with Crippen LogP contribution in [-0.4, -0.2) is 22.9 Å². The van der Waals surface area contributed by atoms with Gasteiger partial charge in [0, 0.05) is 5.56 Å². The van der Waals surface area contributed by atoms with Crippen molar-refractivity contribution in [3.05, 3.63) is 29.6 Å². The van der Waals surface area contributed by atoms with Crippen LogP contribution in [0.5, 0.6) is 5.75 Å². The van der Waals surface area contributed by atoms with E-state index in [1.165, 1.54) is 25.1 Å². The lowest BCUT2D eigenvalue weighted by atomic mass is 10.1. The fraction of sp³-hybridized carbons (Fsp3) is 0.455. The standard InChI is InChI=1S/C11H15FO3/c1-7(13)6-15-11-4-3-9(12)5-10(11)8(2)14/h3-5,7-8,13-14H,6H2,1-2H3. The predicted octanol–water partition coefficient (Wildman–Crippen LogP) is 1.64. The van der Waals surface area contributed by atoms with Gasteiger partial charge < -0.3 is 14.9 Å². The maximum Gasteiger partial charge on any atom is 0.125 e. The minimum atomic E-state index is -0.801. The van der Waals surface area contributed by atoms with Crippen LogP contribution in [0.2, 0.25) is 0 Å². The molecule has 0 aromatic heterocycles. The van der Waals surface area contributed by atoms with E-state index in [1.807, 2.05) is 0 Å². The molecule has 0 bridgehead atoms. The smallest absolute Gasteiger partial charge is 0.125 e. The largest absolute Gasteiger partial charge is 0.491 e. The minimum absolute atomic E-state index is 0.116. The summed E-state index contributed by atoms with van der Waals surface area (Å²) < 4.78 is 18.1. The van der Waals surface area contributed by atoms with Gasteiger partial charge >= 0.3 is 0 Å². The van der Waals surface area contributed by atoms with Crippen molar-refractivity contribution in [3.8, 4) is 5.75 Å². The average Bonchev–Trinajstić information content (AvgIpc) is 2.15. The van der Waals surface area contributed by atoms with Gasteiger partial charge in [0.15, 0.2) is 0 Å². The molecule has 0 amide bonds. The summed E-state index contributed by atoms with van der Waals surface area (Å²) in [6.07, 6.45) is -1.40. The van der Waals surface area contributed by atoms with E-state index in [2.05, 4.69) is 0 Å². The first kappa shape index (κ1) is 11.9. The van der Waals surface area contributed by atoms with Gasteiger partial charge in [0.05, 0.1) is 12.2 Å². The first-order chi connectivity index (χ1) is 7.00. The van der Waals surface area contributed by atoms with Gasteiger partial charge in [-0.1, -0.05) is 0 Å². The molecule has 0 fully saturated rings. The Morgan fingerprint density at radius 3 is 2.53 bits per heavy atom. The molecule has 84 valence electrons. The Bertz CT molecular complexity index is 324. The van der Waals surface area contributed by atoms with Gasteiger partial charge in [-0.25, -0.2) is 4.39 Å². The van der Waals surface area contributed by atoms with Crippen molar-refractivity contribution in [2.45, 2.75) is 26.1 Å². The molecule has 0 radical (unpaired) electrons. The third kappa shape index (κ3) is 3.49. The third-order valence-corrected chi connectivity index (χ3v) is 1.90. The Morgan fingerprint density at radius 1 is 1.33 bits per heavy atom. The van der Waals surface area contributed by atoms with Gasteiger partial charge in [0.2, 0.25) is 0 Å². The second-order valence-electron chi connectivity index (χ2n) is 3.52. The molecule has 0 saturated heterocycles. The Hall–Kier alpha value is -1.13. The zero-order valence-electron chi connectivity index (χ0n) is 8.77. The number of aliphatic hydroxyl groups excluding tert-OH is 2. The van der Waals surface area contributed by atoms with Crippen molar-refractivity contribution in [1.29, 1.82) is 0 Å². The van der Waals surface area contributed by atoms with E-state index in [9.17, 15) is 9.50 Å². The Balaban J connectivity index is 2.86. The predicted molar refractivity (Wildman–Crippen MR) is 54.2 cm³/mol. The Morgan fingerprint density at radius 2 is 2.00 bits per heavy atom. The summed E-state index contributed by atoms with van der Waals surface area (Å²) in [5, 5.41) is 18.4. The van der Waals surface area contributed by atoms with E-state index in [0.29, 0.717) is 11.3 Å². The number of ether oxygens (including phenoxy) is 1. The molecule has 0 aliphatic heterocycles. The molecule has 0 heterocycles. The molecule has 0 spiro atoms. The van der Waals surface area contributed by atoms with Gasteiger partial charge in [-0.05, 0) is 32.0 Å². The lowest BCUT2D eigenvalue weighted by Crippen LogP contribution is -2.14. The Labute approximate surface area is 88.1 Å². The molecule has 3 nitrogen and oxygen atoms in total. The van der Waals surface area contributed by atoms with Crippen molar-refractivity contribution in [3.63, 3.8) is 0 Å². The van der Waals surface area contributed by atoms with Gasteiger partial charge in [0.25, 0.3) is 0 Å². The minimum Gasteiger partial charge on any atom is -0.491 e. The fourth-order valence-corrected chi connectivity index (χ4v) is 1.19. The van der Waals surface area contributed by atoms with E-state index in [0.717, 1.165) is 0 Å². The highest BCUT2D eigenvalue weighted by molar-refractivity contribution is 5.35. The van der Waals surface area contributed by atoms with E-state index in [4.69, 9.17) is 9.84 Å². The lowest BCUT2D eigenvalue weighted by molar-refractivity contribution is 0.118. The number of rotatable bonds is 4. The van der Waals surface area contributed by atoms with E-state index in [-0.39, 0.29) is 6.61 Å². The van der Waals surface area contributed by atoms with Crippen molar-refractivity contribution < 1.29 is 19.3 Å². The van der Waals surface area contributed by atoms with E-state index < -0.39 is 18.0 Å². The van der Waals surface area contributed by atoms with Crippen LogP contribution >= 0.6 is 0 Å². The maximum absolute atomic E-state index is 12.9. The quantitative estimate of drug-likeness (QED) is 0.801. The van der Waals surface area contributed by atoms with Gasteiger partial charge in [-0.2, -0.15) is 0 Å². The summed E-state index contributed by atoms with van der Waals surface area (Å²) in [7, 11) is 0. The summed E-state index contributed by atoms with van der Waals surface area (Å²) >= 11 is 0. The molecular formula is C11H15FO3. The van der Waals surface area contributed by atoms with Crippen LogP contribution in [0.15, 0.2) is 18.2 Å². The second-order valence-corrected chi connectivity index (χ2v) is 3.52. The van der Waals surface area contributed by atoms with Crippen LogP contribution < -0.4 is 4.74 Å². The molecule has 2 N–H and O–H groups in total. The first-order valence-electron chi connectivity index (χ1n) is 4.79. The molecule has 2 atom stereocenters. The maximum atomic E-state index is 12.9. The second kappa shape index (κ2) is 5.09. The zero-order chi connectivity index (χ0) is 11.4. The molecule has 1 rings (SSSR count). The number of aliphatic hydroxyl groups is 2. The molecule has 1 aromatic rings. The van der Waals surface area contributed by atoms with Crippen LogP contribution in [0.25, 0.3) is 0 Å². The van der Waals surface area contributed by atoms with Crippen molar-refractivity contribution >= 4 is 0 Å². The van der Waals surface area contributed by atoms with Crippen LogP contribution in [-0.2, 0) is 0 Å². The average molecular weight is 214 g/mol. The molecule has 0 saturated carbocycles. The zero-order valence-corrected chi connectivity index (χ0v) is 8.77. The monoisotopic (exact) mass is 214 g/mol. The Kier molecular flexibility index (Phi) is 4.05. The molecule has 1 aromatic carbocycles. The summed E-state index contributed by atoms with van der Waals surface area (Å²) in [6, 6.07) is 3.92. The summed E-state index contributed by atoms with van der Waals surface area (Å²) in [5.74, 6) is -0.0254. The van der Waals surface area contributed by atoms with Gasteiger partial charge in [-0.15, -0.1) is 0 Å². The van der Waals surface area contributed by atoms with Crippen LogP contribution in [0.3, 0.4) is 0 Å². The highest BCUT2D eigenvalue weighted by Crippen LogP contribution is 2.25. The molecule has 0 aliphatic carbocycles. The normalized spacial score (nSPS) is 14.7. The van der Waals surface area contributed by atoms with Crippen LogP contribution in [0, 0.1) is 5.82 Å². The summed E-state index contributed by atoms with van der Waals surface area (Å²) in [5.41, 5.74) is 0.385. The number of hydrogen-bond donors (Lipinski definition) is 2.